The summed E-state index contributed by atoms with van der Waals surface area (Å²) in [6.07, 6.45) is 7.38. The second kappa shape index (κ2) is 11.5. The Hall–Kier alpha value is 0.700. The second-order valence-corrected chi connectivity index (χ2v) is 1.80. The van der Waals surface area contributed by atoms with Gasteiger partial charge in [-0.2, -0.15) is 0 Å². The van der Waals surface area contributed by atoms with Crippen LogP contribution in [-0.2, 0) is 0 Å². The molecule has 50 valence electrons. The molecule has 0 fully saturated rings. The van der Waals surface area contributed by atoms with E-state index in [9.17, 15) is 0 Å². The van der Waals surface area contributed by atoms with E-state index in [1.807, 2.05) is 6.08 Å². The fourth-order valence-corrected chi connectivity index (χ4v) is 0.514. The van der Waals surface area contributed by atoms with Crippen molar-refractivity contribution in [1.29, 1.82) is 0 Å². The summed E-state index contributed by atoms with van der Waals surface area (Å²) in [5.41, 5.74) is 0. The van der Waals surface area contributed by atoms with Crippen molar-refractivity contribution in [2.75, 3.05) is 6.61 Å². The van der Waals surface area contributed by atoms with Gasteiger partial charge in [0, 0.05) is 0 Å². The first kappa shape index (κ1) is 12.4. The summed E-state index contributed by atoms with van der Waals surface area (Å²) in [7, 11) is 0. The third kappa shape index (κ3) is 12.0. The molecule has 0 radical (unpaired) electrons. The van der Waals surface area contributed by atoms with E-state index in [4.69, 9.17) is 5.11 Å². The first-order chi connectivity index (χ1) is 3.91. The molecule has 2 heteroatoms. The average molecular weight is 138 g/mol. The van der Waals surface area contributed by atoms with Gasteiger partial charge in [0.25, 0.3) is 0 Å². The molecule has 0 heterocycles. The van der Waals surface area contributed by atoms with E-state index in [0.29, 0.717) is 0 Å². The number of aliphatic hydroxyl groups excluding tert-OH is 1. The Kier molecular flexibility index (Phi) is 15.8. The summed E-state index contributed by atoms with van der Waals surface area (Å²) in [5, 5.41) is 8.28. The maximum absolute atomic E-state index is 8.28. The second-order valence-electron chi connectivity index (χ2n) is 1.80. The summed E-state index contributed by atoms with van der Waals surface area (Å²) in [6.45, 7) is 2.34. The zero-order valence-electron chi connectivity index (χ0n) is 5.43. The molecular formula is C7H15NaO. The first-order valence-corrected chi connectivity index (χ1v) is 3.17. The van der Waals surface area contributed by atoms with Gasteiger partial charge >= 0.3 is 29.6 Å². The molecule has 0 aliphatic heterocycles. The zero-order chi connectivity index (χ0) is 6.24. The summed E-state index contributed by atoms with van der Waals surface area (Å²) >= 11 is 0. The van der Waals surface area contributed by atoms with Crippen LogP contribution in [0.3, 0.4) is 0 Å². The van der Waals surface area contributed by atoms with Crippen LogP contribution in [0.25, 0.3) is 0 Å². The zero-order valence-corrected chi connectivity index (χ0v) is 5.43. The van der Waals surface area contributed by atoms with Gasteiger partial charge in [-0.25, -0.2) is 0 Å². The van der Waals surface area contributed by atoms with Gasteiger partial charge in [-0.15, -0.1) is 0 Å². The van der Waals surface area contributed by atoms with Crippen LogP contribution in [0.2, 0.25) is 0 Å². The maximum atomic E-state index is 8.28. The van der Waals surface area contributed by atoms with Gasteiger partial charge < -0.3 is 5.11 Å². The van der Waals surface area contributed by atoms with Crippen LogP contribution in [0, 0.1) is 0 Å². The van der Waals surface area contributed by atoms with E-state index in [0.717, 1.165) is 6.42 Å². The van der Waals surface area contributed by atoms with Crippen molar-refractivity contribution in [2.24, 2.45) is 0 Å². The Labute approximate surface area is 79.4 Å². The van der Waals surface area contributed by atoms with E-state index in [2.05, 4.69) is 6.92 Å². The van der Waals surface area contributed by atoms with Crippen LogP contribution in [-0.4, -0.2) is 41.3 Å². The van der Waals surface area contributed by atoms with Gasteiger partial charge in [-0.05, 0) is 6.42 Å². The van der Waals surface area contributed by atoms with Crippen LogP contribution in [0.1, 0.15) is 26.2 Å². The molecule has 0 bridgehead atoms. The molecule has 0 rings (SSSR count). The molecule has 0 atom stereocenters. The summed E-state index contributed by atoms with van der Waals surface area (Å²) in [6, 6.07) is 0. The summed E-state index contributed by atoms with van der Waals surface area (Å²) < 4.78 is 0. The van der Waals surface area contributed by atoms with Gasteiger partial charge in [-0.1, -0.05) is 31.9 Å². The van der Waals surface area contributed by atoms with Gasteiger partial charge in [0.2, 0.25) is 0 Å². The predicted molar refractivity (Wildman–Crippen MR) is 42.9 cm³/mol. The number of hydrogen-bond donors (Lipinski definition) is 1. The van der Waals surface area contributed by atoms with Crippen molar-refractivity contribution in [3.63, 3.8) is 0 Å². The molecule has 0 spiro atoms. The summed E-state index contributed by atoms with van der Waals surface area (Å²) in [5.74, 6) is 0. The van der Waals surface area contributed by atoms with E-state index >= 15 is 0 Å². The average Bonchev–Trinajstić information content (AvgIpc) is 1.81. The SMILES string of the molecule is CCCC/C=C/CO.[NaH]. The molecule has 0 amide bonds. The third-order valence-corrected chi connectivity index (χ3v) is 0.996. The van der Waals surface area contributed by atoms with Crippen molar-refractivity contribution in [2.45, 2.75) is 26.2 Å². The van der Waals surface area contributed by atoms with E-state index in [1.165, 1.54) is 12.8 Å². The number of unbranched alkanes of at least 4 members (excludes halogenated alkanes) is 2. The first-order valence-electron chi connectivity index (χ1n) is 3.17. The Balaban J connectivity index is 0. The molecule has 0 saturated heterocycles. The number of allylic oxidation sites excluding steroid dienone is 1. The van der Waals surface area contributed by atoms with E-state index in [-0.39, 0.29) is 36.2 Å². The Bertz CT molecular complexity index is 61.9. The Morgan fingerprint density at radius 3 is 2.44 bits per heavy atom. The minimum absolute atomic E-state index is 0. The van der Waals surface area contributed by atoms with Crippen LogP contribution < -0.4 is 0 Å². The molecule has 0 aliphatic carbocycles. The third-order valence-electron chi connectivity index (χ3n) is 0.996. The van der Waals surface area contributed by atoms with Gasteiger partial charge in [0.15, 0.2) is 0 Å². The van der Waals surface area contributed by atoms with Gasteiger partial charge in [-0.3, -0.25) is 0 Å². The number of hydrogen-bond acceptors (Lipinski definition) is 1. The van der Waals surface area contributed by atoms with Gasteiger partial charge in [0.1, 0.15) is 0 Å². The molecule has 0 aromatic heterocycles. The molecule has 0 aromatic carbocycles. The normalized spacial score (nSPS) is 9.56. The van der Waals surface area contributed by atoms with Crippen LogP contribution >= 0.6 is 0 Å². The molecular weight excluding hydrogens is 123 g/mol. The molecule has 1 N–H and O–H groups in total. The van der Waals surface area contributed by atoms with E-state index < -0.39 is 0 Å². The molecule has 0 unspecified atom stereocenters. The predicted octanol–water partition coefficient (Wildman–Crippen LogP) is 1.08. The fraction of sp³-hybridized carbons (Fsp3) is 0.714. The van der Waals surface area contributed by atoms with Gasteiger partial charge in [0.05, 0.1) is 6.61 Å². The minimum atomic E-state index is 0. The topological polar surface area (TPSA) is 20.2 Å². The standard InChI is InChI=1S/C7H14O.Na.H/c1-2-3-4-5-6-7-8;;/h5-6,8H,2-4,7H2,1H3;;/b6-5+;;. The van der Waals surface area contributed by atoms with Crippen molar-refractivity contribution in [3.05, 3.63) is 12.2 Å². The molecule has 9 heavy (non-hydrogen) atoms. The Morgan fingerprint density at radius 1 is 1.33 bits per heavy atom. The van der Waals surface area contributed by atoms with E-state index in [1.54, 1.807) is 6.08 Å². The quantitative estimate of drug-likeness (QED) is 0.350. The Morgan fingerprint density at radius 2 is 2.00 bits per heavy atom. The van der Waals surface area contributed by atoms with Crippen LogP contribution in [0.15, 0.2) is 12.2 Å². The van der Waals surface area contributed by atoms with Crippen molar-refractivity contribution in [3.8, 4) is 0 Å². The monoisotopic (exact) mass is 138 g/mol. The molecule has 0 aromatic rings. The fourth-order valence-electron chi connectivity index (χ4n) is 0.514. The number of rotatable bonds is 4. The van der Waals surface area contributed by atoms with Crippen molar-refractivity contribution in [1.82, 2.24) is 0 Å². The molecule has 0 saturated carbocycles. The van der Waals surface area contributed by atoms with Crippen LogP contribution in [0.4, 0.5) is 0 Å². The van der Waals surface area contributed by atoms with Crippen LogP contribution in [0.5, 0.6) is 0 Å². The van der Waals surface area contributed by atoms with Crippen molar-refractivity contribution < 1.29 is 5.11 Å². The summed E-state index contributed by atoms with van der Waals surface area (Å²) in [4.78, 5) is 0. The molecule has 0 aliphatic rings. The van der Waals surface area contributed by atoms with Crippen molar-refractivity contribution >= 4 is 29.6 Å². The number of aliphatic hydroxyl groups is 1. The molecule has 1 nitrogen and oxygen atoms in total.